The molecule has 0 spiro atoms. The molecule has 3 N–H and O–H groups in total. The van der Waals surface area contributed by atoms with Gasteiger partial charge in [0.15, 0.2) is 0 Å². The van der Waals surface area contributed by atoms with Crippen molar-refractivity contribution in [2.45, 2.75) is 200 Å². The van der Waals surface area contributed by atoms with Crippen LogP contribution < -0.4 is 5.32 Å². The smallest absolute Gasteiger partial charge is 0.239 e. The maximum atomic E-state index is 12.8. The van der Waals surface area contributed by atoms with Gasteiger partial charge in [0, 0.05) is 19.5 Å². The average molecular weight is 611 g/mol. The quantitative estimate of drug-likeness (QED) is 0.0634. The third-order valence-electron chi connectivity index (χ3n) is 8.68. The second kappa shape index (κ2) is 33.7. The van der Waals surface area contributed by atoms with E-state index in [0.29, 0.717) is 13.0 Å². The number of hydrogen-bond donors (Lipinski definition) is 3. The van der Waals surface area contributed by atoms with Crippen LogP contribution in [0.5, 0.6) is 0 Å². The Kier molecular flexibility index (Phi) is 32.9. The molecule has 6 heteroatoms. The van der Waals surface area contributed by atoms with E-state index in [1.165, 1.54) is 146 Å². The number of aliphatic hydroxyl groups excluding tert-OH is 2. The number of aliphatic hydroxyl groups is 2. The summed E-state index contributed by atoms with van der Waals surface area (Å²) in [6.45, 7) is 4.69. The van der Waals surface area contributed by atoms with Crippen molar-refractivity contribution in [3.05, 3.63) is 0 Å². The lowest BCUT2D eigenvalue weighted by atomic mass is 10.0. The molecule has 2 amide bonds. The van der Waals surface area contributed by atoms with Gasteiger partial charge in [-0.1, -0.05) is 174 Å². The van der Waals surface area contributed by atoms with Gasteiger partial charge in [0.1, 0.15) is 0 Å². The predicted molar refractivity (Wildman–Crippen MR) is 183 cm³/mol. The van der Waals surface area contributed by atoms with Crippen molar-refractivity contribution in [3.8, 4) is 0 Å². The molecule has 0 bridgehead atoms. The molecule has 0 rings (SSSR count). The molecule has 6 nitrogen and oxygen atoms in total. The van der Waals surface area contributed by atoms with Gasteiger partial charge in [-0.15, -0.1) is 0 Å². The van der Waals surface area contributed by atoms with Gasteiger partial charge >= 0.3 is 0 Å². The van der Waals surface area contributed by atoms with Gasteiger partial charge in [0.25, 0.3) is 0 Å². The number of hydrogen-bond acceptors (Lipinski definition) is 4. The third kappa shape index (κ3) is 30.7. The van der Waals surface area contributed by atoms with E-state index >= 15 is 0 Å². The highest BCUT2D eigenvalue weighted by atomic mass is 16.3. The van der Waals surface area contributed by atoms with Crippen molar-refractivity contribution in [3.63, 3.8) is 0 Å². The SMILES string of the molecule is CCCCCCCCCCCCCCCCNC(=O)CN(CC(O)CO)C(=O)CCCCCCCCCCCCCCC. The van der Waals surface area contributed by atoms with E-state index in [4.69, 9.17) is 0 Å². The van der Waals surface area contributed by atoms with Crippen LogP contribution in [-0.4, -0.2) is 59.3 Å². The van der Waals surface area contributed by atoms with Gasteiger partial charge in [-0.3, -0.25) is 9.59 Å². The average Bonchev–Trinajstić information content (AvgIpc) is 3.00. The number of nitrogens with one attached hydrogen (secondary N) is 1. The van der Waals surface area contributed by atoms with Crippen molar-refractivity contribution in [2.24, 2.45) is 0 Å². The van der Waals surface area contributed by atoms with E-state index < -0.39 is 12.7 Å². The Hall–Kier alpha value is -1.14. The highest BCUT2D eigenvalue weighted by molar-refractivity contribution is 5.84. The molecule has 0 radical (unpaired) electrons. The Labute approximate surface area is 267 Å². The lowest BCUT2D eigenvalue weighted by Gasteiger charge is -2.24. The summed E-state index contributed by atoms with van der Waals surface area (Å²) in [5.74, 6) is -0.291. The van der Waals surface area contributed by atoms with E-state index in [0.717, 1.165) is 32.1 Å². The Balaban J connectivity index is 3.85. The minimum atomic E-state index is -1.02. The Morgan fingerprint density at radius 2 is 0.907 bits per heavy atom. The third-order valence-corrected chi connectivity index (χ3v) is 8.68. The van der Waals surface area contributed by atoms with Crippen molar-refractivity contribution >= 4 is 11.8 Å². The van der Waals surface area contributed by atoms with Crippen LogP contribution in [0.25, 0.3) is 0 Å². The summed E-state index contributed by atoms with van der Waals surface area (Å²) in [6, 6.07) is 0. The molecule has 0 aliphatic carbocycles. The maximum Gasteiger partial charge on any atom is 0.239 e. The zero-order valence-electron chi connectivity index (χ0n) is 28.9. The van der Waals surface area contributed by atoms with Crippen molar-refractivity contribution in [1.82, 2.24) is 10.2 Å². The number of carbonyl (C=O) groups excluding carboxylic acids is 2. The first-order valence-electron chi connectivity index (χ1n) is 18.9. The topological polar surface area (TPSA) is 89.9 Å². The number of rotatable bonds is 34. The number of carbonyl (C=O) groups is 2. The zero-order valence-corrected chi connectivity index (χ0v) is 28.9. The van der Waals surface area contributed by atoms with Crippen LogP contribution in [0.3, 0.4) is 0 Å². The molecule has 43 heavy (non-hydrogen) atoms. The summed E-state index contributed by atoms with van der Waals surface area (Å²) >= 11 is 0. The van der Waals surface area contributed by atoms with Crippen molar-refractivity contribution in [2.75, 3.05) is 26.2 Å². The first-order valence-corrected chi connectivity index (χ1v) is 18.9. The Bertz CT molecular complexity index is 601. The van der Waals surface area contributed by atoms with E-state index in [1.54, 1.807) is 0 Å². The van der Waals surface area contributed by atoms with Gasteiger partial charge in [0.05, 0.1) is 19.3 Å². The number of amides is 2. The van der Waals surface area contributed by atoms with Crippen LogP contribution in [0.4, 0.5) is 0 Å². The zero-order chi connectivity index (χ0) is 31.6. The molecule has 0 aromatic rings. The molecular formula is C37H74N2O4. The maximum absolute atomic E-state index is 12.8. The highest BCUT2D eigenvalue weighted by Crippen LogP contribution is 2.14. The molecule has 0 saturated heterocycles. The normalized spacial score (nSPS) is 12.0. The fraction of sp³-hybridized carbons (Fsp3) is 0.946. The standard InChI is InChI=1S/C37H74N2O4/c1-3-5-7-9-11-13-15-17-19-21-23-25-27-29-31-38-36(42)33-39(32-35(41)34-40)37(43)30-28-26-24-22-20-18-16-14-12-10-8-6-4-2/h35,40-41H,3-34H2,1-2H3,(H,38,42). The van der Waals surface area contributed by atoms with Gasteiger partial charge < -0.3 is 20.4 Å². The fourth-order valence-electron chi connectivity index (χ4n) is 5.80. The Morgan fingerprint density at radius 1 is 0.558 bits per heavy atom. The summed E-state index contributed by atoms with van der Waals surface area (Å²) in [5, 5.41) is 22.1. The molecule has 0 aliphatic rings. The van der Waals surface area contributed by atoms with Gasteiger partial charge in [-0.2, -0.15) is 0 Å². The molecule has 1 atom stereocenters. The molecule has 256 valence electrons. The summed E-state index contributed by atoms with van der Waals surface area (Å²) in [6.07, 6.45) is 33.9. The highest BCUT2D eigenvalue weighted by Gasteiger charge is 2.19. The molecular weight excluding hydrogens is 536 g/mol. The molecule has 0 heterocycles. The number of nitrogens with zero attached hydrogens (tertiary/aromatic N) is 1. The summed E-state index contributed by atoms with van der Waals surface area (Å²) < 4.78 is 0. The van der Waals surface area contributed by atoms with Crippen LogP contribution in [0.1, 0.15) is 194 Å². The van der Waals surface area contributed by atoms with E-state index in [9.17, 15) is 19.8 Å². The second-order valence-electron chi connectivity index (χ2n) is 13.0. The van der Waals surface area contributed by atoms with Crippen LogP contribution >= 0.6 is 0 Å². The van der Waals surface area contributed by atoms with Crippen LogP contribution in [0, 0.1) is 0 Å². The lowest BCUT2D eigenvalue weighted by molar-refractivity contribution is -0.137. The first kappa shape index (κ1) is 41.9. The lowest BCUT2D eigenvalue weighted by Crippen LogP contribution is -2.45. The molecule has 0 aromatic carbocycles. The predicted octanol–water partition coefficient (Wildman–Crippen LogP) is 9.25. The Morgan fingerprint density at radius 3 is 1.28 bits per heavy atom. The summed E-state index contributed by atoms with van der Waals surface area (Å²) in [7, 11) is 0. The van der Waals surface area contributed by atoms with E-state index in [-0.39, 0.29) is 24.9 Å². The van der Waals surface area contributed by atoms with Crippen molar-refractivity contribution < 1.29 is 19.8 Å². The minimum Gasteiger partial charge on any atom is -0.394 e. The minimum absolute atomic E-state index is 0.0000545. The summed E-state index contributed by atoms with van der Waals surface area (Å²) in [4.78, 5) is 26.7. The molecule has 0 fully saturated rings. The van der Waals surface area contributed by atoms with E-state index in [2.05, 4.69) is 19.2 Å². The van der Waals surface area contributed by atoms with Crippen molar-refractivity contribution in [1.29, 1.82) is 0 Å². The van der Waals surface area contributed by atoms with Gasteiger partial charge in [-0.05, 0) is 12.8 Å². The first-order chi connectivity index (χ1) is 21.0. The van der Waals surface area contributed by atoms with Gasteiger partial charge in [-0.25, -0.2) is 0 Å². The van der Waals surface area contributed by atoms with Gasteiger partial charge in [0.2, 0.25) is 11.8 Å². The molecule has 0 aromatic heterocycles. The molecule has 0 saturated carbocycles. The fourth-order valence-corrected chi connectivity index (χ4v) is 5.80. The number of unbranched alkanes of at least 4 members (excludes halogenated alkanes) is 25. The molecule has 0 aliphatic heterocycles. The van der Waals surface area contributed by atoms with E-state index in [1.807, 2.05) is 0 Å². The largest absolute Gasteiger partial charge is 0.394 e. The van der Waals surface area contributed by atoms with Crippen LogP contribution in [-0.2, 0) is 9.59 Å². The second-order valence-corrected chi connectivity index (χ2v) is 13.0. The van der Waals surface area contributed by atoms with Crippen LogP contribution in [0.15, 0.2) is 0 Å². The molecule has 1 unspecified atom stereocenters. The summed E-state index contributed by atoms with van der Waals surface area (Å²) in [5.41, 5.74) is 0. The monoisotopic (exact) mass is 611 g/mol. The van der Waals surface area contributed by atoms with Crippen LogP contribution in [0.2, 0.25) is 0 Å².